The van der Waals surface area contributed by atoms with Crippen molar-refractivity contribution in [3.05, 3.63) is 18.2 Å². The second-order valence-corrected chi connectivity index (χ2v) is 5.74. The van der Waals surface area contributed by atoms with E-state index in [1.807, 2.05) is 26.4 Å². The smallest absolute Gasteiger partial charge is 0.0951 e. The Morgan fingerprint density at radius 2 is 2.06 bits per heavy atom. The summed E-state index contributed by atoms with van der Waals surface area (Å²) in [6.45, 7) is 6.44. The van der Waals surface area contributed by atoms with Crippen LogP contribution in [-0.2, 0) is 5.54 Å². The van der Waals surface area contributed by atoms with E-state index >= 15 is 0 Å². The second kappa shape index (κ2) is 4.21. The Morgan fingerprint density at radius 3 is 2.69 bits per heavy atom. The van der Waals surface area contributed by atoms with E-state index in [9.17, 15) is 0 Å². The zero-order valence-corrected chi connectivity index (χ0v) is 10.6. The molecule has 1 aromatic heterocycles. The van der Waals surface area contributed by atoms with Crippen LogP contribution in [0.1, 0.15) is 58.2 Å². The lowest BCUT2D eigenvalue weighted by Gasteiger charge is -2.33. The highest BCUT2D eigenvalue weighted by Gasteiger charge is 2.28. The van der Waals surface area contributed by atoms with Crippen LogP contribution in [0.4, 0.5) is 0 Å². The Bertz CT molecular complexity index is 348. The summed E-state index contributed by atoms with van der Waals surface area (Å²) in [5.41, 5.74) is 7.05. The van der Waals surface area contributed by atoms with Crippen molar-refractivity contribution >= 4 is 0 Å². The highest BCUT2D eigenvalue weighted by molar-refractivity contribution is 5.11. The molecule has 90 valence electrons. The fourth-order valence-corrected chi connectivity index (χ4v) is 2.78. The molecule has 2 unspecified atom stereocenters. The number of imidazole rings is 1. The third kappa shape index (κ3) is 2.14. The van der Waals surface area contributed by atoms with E-state index in [4.69, 9.17) is 5.73 Å². The lowest BCUT2D eigenvalue weighted by atomic mass is 9.85. The standard InChI is InChI=1S/C13H23N3/c1-10-6-4-5-7-11(10)16-9-15-8-12(16)13(2,3)14/h8-11H,4-7,14H2,1-3H3. The number of hydrogen-bond donors (Lipinski definition) is 1. The summed E-state index contributed by atoms with van der Waals surface area (Å²) in [6, 6.07) is 0.592. The first-order chi connectivity index (χ1) is 7.50. The van der Waals surface area contributed by atoms with Crippen LogP contribution in [0.5, 0.6) is 0 Å². The minimum atomic E-state index is -0.298. The van der Waals surface area contributed by atoms with Crippen LogP contribution in [0.15, 0.2) is 12.5 Å². The molecular weight excluding hydrogens is 198 g/mol. The van der Waals surface area contributed by atoms with E-state index in [0.29, 0.717) is 6.04 Å². The molecule has 1 aliphatic rings. The molecule has 1 aliphatic carbocycles. The summed E-state index contributed by atoms with van der Waals surface area (Å²) in [7, 11) is 0. The molecule has 1 heterocycles. The van der Waals surface area contributed by atoms with Gasteiger partial charge < -0.3 is 10.3 Å². The molecule has 0 spiro atoms. The SMILES string of the molecule is CC1CCCCC1n1cncc1C(C)(C)N. The van der Waals surface area contributed by atoms with Crippen LogP contribution in [0.25, 0.3) is 0 Å². The van der Waals surface area contributed by atoms with E-state index in [1.165, 1.54) is 25.7 Å². The molecule has 16 heavy (non-hydrogen) atoms. The van der Waals surface area contributed by atoms with Gasteiger partial charge in [0, 0.05) is 12.2 Å². The first-order valence-electron chi connectivity index (χ1n) is 6.31. The Balaban J connectivity index is 2.29. The molecule has 0 aliphatic heterocycles. The van der Waals surface area contributed by atoms with E-state index in [2.05, 4.69) is 16.5 Å². The van der Waals surface area contributed by atoms with Crippen molar-refractivity contribution in [1.29, 1.82) is 0 Å². The predicted molar refractivity (Wildman–Crippen MR) is 66.1 cm³/mol. The molecule has 0 bridgehead atoms. The maximum absolute atomic E-state index is 6.19. The van der Waals surface area contributed by atoms with Gasteiger partial charge in [-0.05, 0) is 32.6 Å². The maximum atomic E-state index is 6.19. The van der Waals surface area contributed by atoms with Crippen molar-refractivity contribution in [2.24, 2.45) is 11.7 Å². The molecule has 2 N–H and O–H groups in total. The van der Waals surface area contributed by atoms with Gasteiger partial charge in [0.2, 0.25) is 0 Å². The van der Waals surface area contributed by atoms with Crippen LogP contribution >= 0.6 is 0 Å². The van der Waals surface area contributed by atoms with Crippen LogP contribution in [0.2, 0.25) is 0 Å². The minimum Gasteiger partial charge on any atom is -0.330 e. The molecule has 0 amide bonds. The van der Waals surface area contributed by atoms with Crippen molar-refractivity contribution in [3.63, 3.8) is 0 Å². The molecule has 0 aromatic carbocycles. The monoisotopic (exact) mass is 221 g/mol. The van der Waals surface area contributed by atoms with Gasteiger partial charge in [-0.1, -0.05) is 19.8 Å². The first-order valence-corrected chi connectivity index (χ1v) is 6.31. The van der Waals surface area contributed by atoms with E-state index in [-0.39, 0.29) is 5.54 Å². The Hall–Kier alpha value is -0.830. The van der Waals surface area contributed by atoms with Gasteiger partial charge in [0.05, 0.1) is 17.6 Å². The quantitative estimate of drug-likeness (QED) is 0.834. The molecule has 1 fully saturated rings. The lowest BCUT2D eigenvalue weighted by molar-refractivity contribution is 0.245. The van der Waals surface area contributed by atoms with Crippen molar-refractivity contribution in [2.45, 2.75) is 58.0 Å². The second-order valence-electron chi connectivity index (χ2n) is 5.74. The highest BCUT2D eigenvalue weighted by Crippen LogP contribution is 2.35. The van der Waals surface area contributed by atoms with Gasteiger partial charge in [-0.2, -0.15) is 0 Å². The predicted octanol–water partition coefficient (Wildman–Crippen LogP) is 2.83. The van der Waals surface area contributed by atoms with Crippen molar-refractivity contribution in [1.82, 2.24) is 9.55 Å². The minimum absolute atomic E-state index is 0.298. The molecule has 1 saturated carbocycles. The van der Waals surface area contributed by atoms with Crippen molar-refractivity contribution in [2.75, 3.05) is 0 Å². The summed E-state index contributed by atoms with van der Waals surface area (Å²) in [5, 5.41) is 0. The van der Waals surface area contributed by atoms with Crippen LogP contribution < -0.4 is 5.73 Å². The summed E-state index contributed by atoms with van der Waals surface area (Å²) < 4.78 is 2.31. The average molecular weight is 221 g/mol. The van der Waals surface area contributed by atoms with Crippen LogP contribution in [0, 0.1) is 5.92 Å². The summed E-state index contributed by atoms with van der Waals surface area (Å²) >= 11 is 0. The topological polar surface area (TPSA) is 43.8 Å². The third-order valence-corrected chi connectivity index (χ3v) is 3.75. The van der Waals surface area contributed by atoms with E-state index in [0.717, 1.165) is 11.6 Å². The summed E-state index contributed by atoms with van der Waals surface area (Å²) in [6.07, 6.45) is 9.16. The first kappa shape index (κ1) is 11.6. The van der Waals surface area contributed by atoms with Crippen LogP contribution in [0.3, 0.4) is 0 Å². The molecular formula is C13H23N3. The Kier molecular flexibility index (Phi) is 3.06. The maximum Gasteiger partial charge on any atom is 0.0951 e. The molecule has 3 heteroatoms. The molecule has 0 radical (unpaired) electrons. The third-order valence-electron chi connectivity index (χ3n) is 3.75. The van der Waals surface area contributed by atoms with Gasteiger partial charge >= 0.3 is 0 Å². The van der Waals surface area contributed by atoms with Gasteiger partial charge in [0.25, 0.3) is 0 Å². The molecule has 1 aromatic rings. The van der Waals surface area contributed by atoms with Crippen LogP contribution in [-0.4, -0.2) is 9.55 Å². The van der Waals surface area contributed by atoms with Crippen molar-refractivity contribution in [3.8, 4) is 0 Å². The Labute approximate surface area is 98.1 Å². The lowest BCUT2D eigenvalue weighted by Crippen LogP contribution is -2.34. The Morgan fingerprint density at radius 1 is 1.38 bits per heavy atom. The van der Waals surface area contributed by atoms with Gasteiger partial charge in [0.15, 0.2) is 0 Å². The van der Waals surface area contributed by atoms with Crippen molar-refractivity contribution < 1.29 is 0 Å². The van der Waals surface area contributed by atoms with E-state index < -0.39 is 0 Å². The summed E-state index contributed by atoms with van der Waals surface area (Å²) in [5.74, 6) is 0.740. The van der Waals surface area contributed by atoms with Gasteiger partial charge in [-0.3, -0.25) is 0 Å². The molecule has 2 rings (SSSR count). The normalized spacial score (nSPS) is 27.0. The van der Waals surface area contributed by atoms with Gasteiger partial charge in [-0.25, -0.2) is 4.98 Å². The highest BCUT2D eigenvalue weighted by atomic mass is 15.1. The molecule has 3 nitrogen and oxygen atoms in total. The zero-order valence-electron chi connectivity index (χ0n) is 10.6. The van der Waals surface area contributed by atoms with E-state index in [1.54, 1.807) is 0 Å². The average Bonchev–Trinajstić information content (AvgIpc) is 2.66. The fraction of sp³-hybridized carbons (Fsp3) is 0.769. The molecule has 0 saturated heterocycles. The number of aromatic nitrogens is 2. The number of rotatable bonds is 2. The van der Waals surface area contributed by atoms with Gasteiger partial charge in [-0.15, -0.1) is 0 Å². The zero-order chi connectivity index (χ0) is 11.8. The molecule has 2 atom stereocenters. The largest absolute Gasteiger partial charge is 0.330 e. The van der Waals surface area contributed by atoms with Gasteiger partial charge in [0.1, 0.15) is 0 Å². The fourth-order valence-electron chi connectivity index (χ4n) is 2.78. The summed E-state index contributed by atoms with van der Waals surface area (Å²) in [4.78, 5) is 4.28. The number of nitrogens with zero attached hydrogens (tertiary/aromatic N) is 2. The number of hydrogen-bond acceptors (Lipinski definition) is 2. The number of nitrogens with two attached hydrogens (primary N) is 1.